The minimum Gasteiger partial charge on any atom is -0.376 e. The van der Waals surface area contributed by atoms with Crippen molar-refractivity contribution < 1.29 is 9.53 Å². The van der Waals surface area contributed by atoms with Crippen LogP contribution in [0.2, 0.25) is 0 Å². The Kier molecular flexibility index (Phi) is 5.99. The van der Waals surface area contributed by atoms with E-state index in [1.165, 1.54) is 31.0 Å². The molecule has 1 aromatic heterocycles. The van der Waals surface area contributed by atoms with Crippen LogP contribution in [0, 0.1) is 5.92 Å². The first-order valence-corrected chi connectivity index (χ1v) is 9.81. The summed E-state index contributed by atoms with van der Waals surface area (Å²) in [5, 5.41) is 10.2. The second kappa shape index (κ2) is 8.20. The third-order valence-corrected chi connectivity index (χ3v) is 5.90. The molecule has 1 saturated carbocycles. The number of rotatable bonds is 6. The standard InChI is InChI=1S/C16H26N4O3S/c1-11-5-2-3-7-13(11)17-14(21)10-24-16-19-18-15(22)20(16)9-12-6-4-8-23-12/h11-13H,2-10H2,1H3,(H,17,21)(H,18,22)/t11-,12+,13-/m1/s1. The Morgan fingerprint density at radius 2 is 2.21 bits per heavy atom. The molecule has 8 heteroatoms. The van der Waals surface area contributed by atoms with Gasteiger partial charge in [0.1, 0.15) is 0 Å². The number of carbonyl (C=O) groups is 1. The van der Waals surface area contributed by atoms with Gasteiger partial charge in [-0.2, -0.15) is 0 Å². The first-order valence-electron chi connectivity index (χ1n) is 8.82. The van der Waals surface area contributed by atoms with Gasteiger partial charge in [-0.3, -0.25) is 9.36 Å². The topological polar surface area (TPSA) is 89.0 Å². The number of ether oxygens (including phenoxy) is 1. The highest BCUT2D eigenvalue weighted by molar-refractivity contribution is 7.99. The Labute approximate surface area is 145 Å². The second-order valence-electron chi connectivity index (χ2n) is 6.78. The summed E-state index contributed by atoms with van der Waals surface area (Å²) >= 11 is 1.30. The Hall–Kier alpha value is -1.28. The van der Waals surface area contributed by atoms with Gasteiger partial charge < -0.3 is 10.1 Å². The lowest BCUT2D eigenvalue weighted by molar-refractivity contribution is -0.119. The fourth-order valence-electron chi connectivity index (χ4n) is 3.48. The third-order valence-electron chi connectivity index (χ3n) is 4.92. The van der Waals surface area contributed by atoms with E-state index >= 15 is 0 Å². The van der Waals surface area contributed by atoms with Crippen molar-refractivity contribution in [1.29, 1.82) is 0 Å². The summed E-state index contributed by atoms with van der Waals surface area (Å²) in [6, 6.07) is 0.278. The predicted octanol–water partition coefficient (Wildman–Crippen LogP) is 1.54. The molecule has 0 unspecified atom stereocenters. The van der Waals surface area contributed by atoms with Crippen LogP contribution in [0.4, 0.5) is 0 Å². The minimum atomic E-state index is -0.241. The van der Waals surface area contributed by atoms with Gasteiger partial charge in [0.2, 0.25) is 5.91 Å². The van der Waals surface area contributed by atoms with Gasteiger partial charge in [0.05, 0.1) is 18.4 Å². The summed E-state index contributed by atoms with van der Waals surface area (Å²) in [5.41, 5.74) is -0.241. The maximum Gasteiger partial charge on any atom is 0.344 e. The molecule has 2 heterocycles. The molecule has 2 aliphatic rings. The fourth-order valence-corrected chi connectivity index (χ4v) is 4.24. The van der Waals surface area contributed by atoms with Gasteiger partial charge in [-0.15, -0.1) is 5.10 Å². The van der Waals surface area contributed by atoms with E-state index in [0.29, 0.717) is 17.6 Å². The van der Waals surface area contributed by atoms with E-state index in [-0.39, 0.29) is 29.5 Å². The Morgan fingerprint density at radius 3 is 2.96 bits per heavy atom. The molecule has 7 nitrogen and oxygen atoms in total. The summed E-state index contributed by atoms with van der Waals surface area (Å²) < 4.78 is 7.16. The Morgan fingerprint density at radius 1 is 1.38 bits per heavy atom. The average molecular weight is 354 g/mol. The number of thioether (sulfide) groups is 1. The molecule has 2 N–H and O–H groups in total. The molecular weight excluding hydrogens is 328 g/mol. The van der Waals surface area contributed by atoms with Crippen molar-refractivity contribution in [2.45, 2.75) is 69.3 Å². The van der Waals surface area contributed by atoms with Crippen molar-refractivity contribution in [1.82, 2.24) is 20.1 Å². The zero-order chi connectivity index (χ0) is 16.9. The van der Waals surface area contributed by atoms with Gasteiger partial charge in [-0.1, -0.05) is 31.5 Å². The average Bonchev–Trinajstić information content (AvgIpc) is 3.19. The lowest BCUT2D eigenvalue weighted by Crippen LogP contribution is -2.41. The zero-order valence-electron chi connectivity index (χ0n) is 14.1. The maximum atomic E-state index is 12.2. The van der Waals surface area contributed by atoms with Crippen LogP contribution in [-0.2, 0) is 16.1 Å². The van der Waals surface area contributed by atoms with Crippen molar-refractivity contribution >= 4 is 17.7 Å². The summed E-state index contributed by atoms with van der Waals surface area (Å²) in [6.07, 6.45) is 6.73. The van der Waals surface area contributed by atoms with Crippen LogP contribution in [0.1, 0.15) is 45.4 Å². The van der Waals surface area contributed by atoms with Crippen LogP contribution in [0.5, 0.6) is 0 Å². The maximum absolute atomic E-state index is 12.2. The third kappa shape index (κ3) is 4.42. The molecule has 1 aliphatic heterocycles. The smallest absolute Gasteiger partial charge is 0.344 e. The number of hydrogen-bond donors (Lipinski definition) is 2. The predicted molar refractivity (Wildman–Crippen MR) is 92.1 cm³/mol. The largest absolute Gasteiger partial charge is 0.376 e. The zero-order valence-corrected chi connectivity index (χ0v) is 14.9. The SMILES string of the molecule is C[C@@H]1CCCC[C@H]1NC(=O)CSc1n[nH]c(=O)n1C[C@@H]1CCCO1. The molecule has 1 amide bonds. The number of carbonyl (C=O) groups excluding carboxylic acids is 1. The van der Waals surface area contributed by atoms with Crippen molar-refractivity contribution in [2.75, 3.05) is 12.4 Å². The van der Waals surface area contributed by atoms with Crippen molar-refractivity contribution in [3.8, 4) is 0 Å². The molecule has 0 radical (unpaired) electrons. The number of nitrogens with zero attached hydrogens (tertiary/aromatic N) is 2. The van der Waals surface area contributed by atoms with E-state index < -0.39 is 0 Å². The molecule has 1 aliphatic carbocycles. The highest BCUT2D eigenvalue weighted by atomic mass is 32.2. The van der Waals surface area contributed by atoms with Crippen LogP contribution in [-0.4, -0.2) is 45.2 Å². The number of aromatic amines is 1. The Balaban J connectivity index is 1.52. The summed E-state index contributed by atoms with van der Waals surface area (Å²) in [4.78, 5) is 24.1. The van der Waals surface area contributed by atoms with Gasteiger partial charge in [-0.05, 0) is 31.6 Å². The van der Waals surface area contributed by atoms with E-state index in [1.54, 1.807) is 4.57 Å². The normalized spacial score (nSPS) is 27.3. The molecule has 24 heavy (non-hydrogen) atoms. The van der Waals surface area contributed by atoms with Crippen LogP contribution >= 0.6 is 11.8 Å². The summed E-state index contributed by atoms with van der Waals surface area (Å²) in [5.74, 6) is 0.826. The number of amides is 1. The van der Waals surface area contributed by atoms with Crippen molar-refractivity contribution in [2.24, 2.45) is 5.92 Å². The van der Waals surface area contributed by atoms with Gasteiger partial charge in [0.15, 0.2) is 5.16 Å². The van der Waals surface area contributed by atoms with Crippen LogP contribution in [0.3, 0.4) is 0 Å². The monoisotopic (exact) mass is 354 g/mol. The highest BCUT2D eigenvalue weighted by Crippen LogP contribution is 2.24. The molecule has 2 fully saturated rings. The van der Waals surface area contributed by atoms with E-state index in [4.69, 9.17) is 4.74 Å². The molecular formula is C16H26N4O3S. The fraction of sp³-hybridized carbons (Fsp3) is 0.812. The lowest BCUT2D eigenvalue weighted by atomic mass is 9.86. The first-order chi connectivity index (χ1) is 11.6. The van der Waals surface area contributed by atoms with E-state index in [9.17, 15) is 9.59 Å². The van der Waals surface area contributed by atoms with E-state index in [1.807, 2.05) is 0 Å². The number of nitrogens with one attached hydrogen (secondary N) is 2. The van der Waals surface area contributed by atoms with Gasteiger partial charge in [0, 0.05) is 12.6 Å². The van der Waals surface area contributed by atoms with Crippen LogP contribution in [0.15, 0.2) is 9.95 Å². The summed E-state index contributed by atoms with van der Waals surface area (Å²) in [7, 11) is 0. The number of aromatic nitrogens is 3. The lowest BCUT2D eigenvalue weighted by Gasteiger charge is -2.29. The van der Waals surface area contributed by atoms with E-state index in [2.05, 4.69) is 22.4 Å². The van der Waals surface area contributed by atoms with Crippen LogP contribution < -0.4 is 11.0 Å². The molecule has 3 atom stereocenters. The van der Waals surface area contributed by atoms with Crippen molar-refractivity contribution in [3.63, 3.8) is 0 Å². The Bertz CT molecular complexity index is 609. The quantitative estimate of drug-likeness (QED) is 0.757. The van der Waals surface area contributed by atoms with Crippen LogP contribution in [0.25, 0.3) is 0 Å². The summed E-state index contributed by atoms with van der Waals surface area (Å²) in [6.45, 7) is 3.45. The van der Waals surface area contributed by atoms with E-state index in [0.717, 1.165) is 25.9 Å². The first kappa shape index (κ1) is 17.5. The van der Waals surface area contributed by atoms with Gasteiger partial charge >= 0.3 is 5.69 Å². The molecule has 0 bridgehead atoms. The molecule has 3 rings (SSSR count). The number of H-pyrrole nitrogens is 1. The molecule has 134 valence electrons. The molecule has 0 aromatic carbocycles. The molecule has 0 spiro atoms. The number of hydrogen-bond acceptors (Lipinski definition) is 5. The highest BCUT2D eigenvalue weighted by Gasteiger charge is 2.24. The second-order valence-corrected chi connectivity index (χ2v) is 7.72. The van der Waals surface area contributed by atoms with Gasteiger partial charge in [-0.25, -0.2) is 9.89 Å². The van der Waals surface area contributed by atoms with Gasteiger partial charge in [0.25, 0.3) is 0 Å². The van der Waals surface area contributed by atoms with Crippen molar-refractivity contribution in [3.05, 3.63) is 10.5 Å². The minimum absolute atomic E-state index is 0.0119. The molecule has 1 aromatic rings. The molecule has 1 saturated heterocycles.